The van der Waals surface area contributed by atoms with Crippen LogP contribution in [0.4, 0.5) is 0 Å². The number of hydrazone groups is 1. The summed E-state index contributed by atoms with van der Waals surface area (Å²) in [6, 6.07) is 16.0. The number of ether oxygens (including phenoxy) is 1. The van der Waals surface area contributed by atoms with Gasteiger partial charge in [-0.15, -0.1) is 0 Å². The fourth-order valence-corrected chi connectivity index (χ4v) is 2.67. The number of rotatable bonds is 9. The second-order valence-corrected chi connectivity index (χ2v) is 6.50. The largest absolute Gasteiger partial charge is 0.507 e. The molecule has 1 amide bonds. The molecule has 3 aromatic rings. The maximum Gasteiger partial charge on any atom is 0.289 e. The third-order valence-corrected chi connectivity index (χ3v) is 4.30. The number of nitrogens with one attached hydrogen (secondary N) is 2. The fraction of sp³-hybridized carbons (Fsp3) is 0.227. The van der Waals surface area contributed by atoms with Crippen LogP contribution in [-0.4, -0.2) is 34.0 Å². The van der Waals surface area contributed by atoms with Crippen molar-refractivity contribution in [2.24, 2.45) is 5.10 Å². The number of unbranched alkanes of at least 4 members (excludes halogenated alkanes) is 2. The highest BCUT2D eigenvalue weighted by Crippen LogP contribution is 2.21. The average molecular weight is 392 g/mol. The van der Waals surface area contributed by atoms with E-state index in [1.54, 1.807) is 30.3 Å². The molecule has 2 aromatic carbocycles. The van der Waals surface area contributed by atoms with Gasteiger partial charge in [-0.1, -0.05) is 31.9 Å². The van der Waals surface area contributed by atoms with E-state index in [1.807, 2.05) is 24.3 Å². The van der Waals surface area contributed by atoms with Crippen LogP contribution in [0.25, 0.3) is 11.3 Å². The Kier molecular flexibility index (Phi) is 7.00. The first-order valence-electron chi connectivity index (χ1n) is 9.57. The predicted molar refractivity (Wildman–Crippen MR) is 112 cm³/mol. The number of hydrogen-bond donors (Lipinski definition) is 3. The quantitative estimate of drug-likeness (QED) is 0.290. The first-order chi connectivity index (χ1) is 14.2. The number of aromatic hydroxyl groups is 1. The Morgan fingerprint density at radius 1 is 1.21 bits per heavy atom. The number of nitrogens with zero attached hydrogens (tertiary/aromatic N) is 2. The molecule has 7 heteroatoms. The summed E-state index contributed by atoms with van der Waals surface area (Å²) in [6.07, 6.45) is 4.75. The van der Waals surface area contributed by atoms with E-state index < -0.39 is 5.91 Å². The molecule has 0 bridgehead atoms. The van der Waals surface area contributed by atoms with Crippen LogP contribution >= 0.6 is 0 Å². The van der Waals surface area contributed by atoms with Gasteiger partial charge < -0.3 is 9.84 Å². The molecule has 1 aromatic heterocycles. The molecule has 0 unspecified atom stereocenters. The Bertz CT molecular complexity index is 964. The molecular weight excluding hydrogens is 368 g/mol. The standard InChI is InChI=1S/C22H24N4O3/c1-2-3-6-13-29-18-11-9-16(10-12-18)19-14-20(25-24-19)22(28)26-23-15-17-7-4-5-8-21(17)27/h4-5,7-12,14-15,27H,2-3,6,13H2,1H3,(H,24,25)(H,26,28)/b23-15-. The molecule has 7 nitrogen and oxygen atoms in total. The summed E-state index contributed by atoms with van der Waals surface area (Å²) in [5.74, 6) is 0.482. The molecule has 0 spiro atoms. The second-order valence-electron chi connectivity index (χ2n) is 6.50. The van der Waals surface area contributed by atoms with E-state index >= 15 is 0 Å². The van der Waals surface area contributed by atoms with Crippen LogP contribution in [0.3, 0.4) is 0 Å². The number of hydrogen-bond acceptors (Lipinski definition) is 5. The van der Waals surface area contributed by atoms with Gasteiger partial charge in [-0.25, -0.2) is 5.43 Å². The van der Waals surface area contributed by atoms with Gasteiger partial charge in [0.2, 0.25) is 0 Å². The summed E-state index contributed by atoms with van der Waals surface area (Å²) in [5.41, 5.74) is 4.73. The van der Waals surface area contributed by atoms with Crippen molar-refractivity contribution in [3.05, 3.63) is 65.9 Å². The van der Waals surface area contributed by atoms with Gasteiger partial charge in [-0.05, 0) is 48.9 Å². The summed E-state index contributed by atoms with van der Waals surface area (Å²) >= 11 is 0. The van der Waals surface area contributed by atoms with E-state index in [0.717, 1.165) is 30.6 Å². The zero-order valence-electron chi connectivity index (χ0n) is 16.3. The predicted octanol–water partition coefficient (Wildman–Crippen LogP) is 4.12. The number of carbonyl (C=O) groups is 1. The lowest BCUT2D eigenvalue weighted by molar-refractivity contribution is 0.0950. The van der Waals surface area contributed by atoms with Crippen molar-refractivity contribution < 1.29 is 14.6 Å². The molecule has 1 heterocycles. The monoisotopic (exact) mass is 392 g/mol. The van der Waals surface area contributed by atoms with Crippen LogP contribution in [0.1, 0.15) is 42.2 Å². The zero-order chi connectivity index (χ0) is 20.5. The summed E-state index contributed by atoms with van der Waals surface area (Å²) in [5, 5.41) is 20.4. The summed E-state index contributed by atoms with van der Waals surface area (Å²) in [6.45, 7) is 2.87. The minimum Gasteiger partial charge on any atom is -0.507 e. The number of H-pyrrole nitrogens is 1. The van der Waals surface area contributed by atoms with E-state index in [2.05, 4.69) is 27.6 Å². The van der Waals surface area contributed by atoms with Gasteiger partial charge in [-0.3, -0.25) is 9.89 Å². The Morgan fingerprint density at radius 3 is 2.76 bits per heavy atom. The van der Waals surface area contributed by atoms with Gasteiger partial charge in [0, 0.05) is 11.1 Å². The SMILES string of the molecule is CCCCCOc1ccc(-c2cc(C(=O)N/N=C\c3ccccc3O)[nH]n2)cc1. The minimum atomic E-state index is -0.425. The molecule has 0 saturated carbocycles. The number of aromatic nitrogens is 2. The first kappa shape index (κ1) is 20.1. The van der Waals surface area contributed by atoms with Crippen molar-refractivity contribution in [2.75, 3.05) is 6.61 Å². The lowest BCUT2D eigenvalue weighted by atomic mass is 10.1. The third-order valence-electron chi connectivity index (χ3n) is 4.30. The van der Waals surface area contributed by atoms with Gasteiger partial charge in [0.25, 0.3) is 5.91 Å². The van der Waals surface area contributed by atoms with Crippen LogP contribution in [0.2, 0.25) is 0 Å². The van der Waals surface area contributed by atoms with Gasteiger partial charge in [0.1, 0.15) is 17.2 Å². The highest BCUT2D eigenvalue weighted by atomic mass is 16.5. The summed E-state index contributed by atoms with van der Waals surface area (Å²) in [7, 11) is 0. The number of para-hydroxylation sites is 1. The Morgan fingerprint density at radius 2 is 2.00 bits per heavy atom. The first-order valence-corrected chi connectivity index (χ1v) is 9.57. The number of carbonyl (C=O) groups excluding carboxylic acids is 1. The van der Waals surface area contributed by atoms with Crippen molar-refractivity contribution in [3.63, 3.8) is 0 Å². The van der Waals surface area contributed by atoms with Crippen LogP contribution in [0.5, 0.6) is 11.5 Å². The van der Waals surface area contributed by atoms with Gasteiger partial charge in [0.05, 0.1) is 18.5 Å². The molecule has 0 atom stereocenters. The number of amides is 1. The lowest BCUT2D eigenvalue weighted by Gasteiger charge is -2.06. The van der Waals surface area contributed by atoms with Crippen molar-refractivity contribution >= 4 is 12.1 Å². The van der Waals surface area contributed by atoms with Crippen molar-refractivity contribution in [3.8, 4) is 22.8 Å². The fourth-order valence-electron chi connectivity index (χ4n) is 2.67. The van der Waals surface area contributed by atoms with Gasteiger partial charge >= 0.3 is 0 Å². The average Bonchev–Trinajstić information content (AvgIpc) is 3.23. The Balaban J connectivity index is 1.57. The molecule has 0 aliphatic carbocycles. The van der Waals surface area contributed by atoms with E-state index in [-0.39, 0.29) is 11.4 Å². The molecule has 3 N–H and O–H groups in total. The molecule has 150 valence electrons. The molecular formula is C22H24N4O3. The van der Waals surface area contributed by atoms with Crippen molar-refractivity contribution in [2.45, 2.75) is 26.2 Å². The van der Waals surface area contributed by atoms with Crippen LogP contribution < -0.4 is 10.2 Å². The molecule has 0 saturated heterocycles. The van der Waals surface area contributed by atoms with E-state index in [9.17, 15) is 9.90 Å². The maximum atomic E-state index is 12.2. The zero-order valence-corrected chi connectivity index (χ0v) is 16.3. The van der Waals surface area contributed by atoms with Crippen molar-refractivity contribution in [1.29, 1.82) is 0 Å². The molecule has 29 heavy (non-hydrogen) atoms. The van der Waals surface area contributed by atoms with Crippen molar-refractivity contribution in [1.82, 2.24) is 15.6 Å². The lowest BCUT2D eigenvalue weighted by Crippen LogP contribution is -2.18. The molecule has 3 rings (SSSR count). The number of phenols is 1. The smallest absolute Gasteiger partial charge is 0.289 e. The van der Waals surface area contributed by atoms with E-state index in [4.69, 9.17) is 4.74 Å². The molecule has 0 aliphatic rings. The second kappa shape index (κ2) is 10.1. The van der Waals surface area contributed by atoms with E-state index in [0.29, 0.717) is 17.9 Å². The third kappa shape index (κ3) is 5.68. The van der Waals surface area contributed by atoms with E-state index in [1.165, 1.54) is 6.21 Å². The molecule has 0 radical (unpaired) electrons. The Labute approximate surface area is 169 Å². The summed E-state index contributed by atoms with van der Waals surface area (Å²) in [4.78, 5) is 12.2. The van der Waals surface area contributed by atoms with Crippen LogP contribution in [0.15, 0.2) is 59.7 Å². The number of benzene rings is 2. The maximum absolute atomic E-state index is 12.2. The highest BCUT2D eigenvalue weighted by Gasteiger charge is 2.10. The molecule has 0 aliphatic heterocycles. The van der Waals surface area contributed by atoms with Gasteiger partial charge in [0.15, 0.2) is 0 Å². The summed E-state index contributed by atoms with van der Waals surface area (Å²) < 4.78 is 5.71. The van der Waals surface area contributed by atoms with Crippen LogP contribution in [-0.2, 0) is 0 Å². The topological polar surface area (TPSA) is 99.6 Å². The molecule has 0 fully saturated rings. The minimum absolute atomic E-state index is 0.0899. The Hall–Kier alpha value is -3.61. The number of aromatic amines is 1. The number of phenolic OH excluding ortho intramolecular Hbond substituents is 1. The van der Waals surface area contributed by atoms with Crippen LogP contribution in [0, 0.1) is 0 Å². The van der Waals surface area contributed by atoms with Gasteiger partial charge in [-0.2, -0.15) is 10.2 Å². The highest BCUT2D eigenvalue weighted by molar-refractivity contribution is 5.94. The normalized spacial score (nSPS) is 10.9.